The zero-order chi connectivity index (χ0) is 15.0. The van der Waals surface area contributed by atoms with Crippen molar-refractivity contribution >= 4 is 33.3 Å². The summed E-state index contributed by atoms with van der Waals surface area (Å²) in [5.41, 5.74) is 2.29. The van der Waals surface area contributed by atoms with E-state index in [2.05, 4.69) is 15.9 Å². The smallest absolute Gasteiger partial charge is 0.299 e. The standard InChI is InChI=1S/C16H18BrNO3/c1-11-3-2-4-12-13(11)18(15(20)14(12)19)10-16(9-17)5-7-21-8-6-16/h2-4H,5-10H2,1H3. The van der Waals surface area contributed by atoms with Crippen molar-refractivity contribution < 1.29 is 14.3 Å². The minimum Gasteiger partial charge on any atom is -0.381 e. The number of ether oxygens (including phenoxy) is 1. The number of aryl methyl sites for hydroxylation is 1. The molecule has 1 aromatic carbocycles. The molecule has 0 aromatic heterocycles. The molecule has 4 nitrogen and oxygen atoms in total. The Morgan fingerprint density at radius 2 is 2.00 bits per heavy atom. The van der Waals surface area contributed by atoms with Crippen molar-refractivity contribution in [1.82, 2.24) is 0 Å². The van der Waals surface area contributed by atoms with Crippen LogP contribution in [0.3, 0.4) is 0 Å². The number of carbonyl (C=O) groups is 2. The van der Waals surface area contributed by atoms with E-state index >= 15 is 0 Å². The Morgan fingerprint density at radius 1 is 1.29 bits per heavy atom. The average Bonchev–Trinajstić information content (AvgIpc) is 2.75. The van der Waals surface area contributed by atoms with Gasteiger partial charge in [0.1, 0.15) is 0 Å². The fraction of sp³-hybridized carbons (Fsp3) is 0.500. The van der Waals surface area contributed by atoms with E-state index in [1.165, 1.54) is 0 Å². The molecular formula is C16H18BrNO3. The van der Waals surface area contributed by atoms with Gasteiger partial charge >= 0.3 is 0 Å². The van der Waals surface area contributed by atoms with Crippen LogP contribution in [0.15, 0.2) is 18.2 Å². The van der Waals surface area contributed by atoms with Crippen molar-refractivity contribution in [3.05, 3.63) is 29.3 Å². The molecule has 0 spiro atoms. The summed E-state index contributed by atoms with van der Waals surface area (Å²) in [5.74, 6) is -0.781. The van der Waals surface area contributed by atoms with Crippen molar-refractivity contribution in [2.24, 2.45) is 5.41 Å². The minimum atomic E-state index is -0.397. The summed E-state index contributed by atoms with van der Waals surface area (Å²) in [6, 6.07) is 5.52. The van der Waals surface area contributed by atoms with E-state index in [1.807, 2.05) is 19.1 Å². The Hall–Kier alpha value is -1.20. The summed E-state index contributed by atoms with van der Waals surface area (Å²) in [6.07, 6.45) is 1.80. The fourth-order valence-corrected chi connectivity index (χ4v) is 3.90. The third-order valence-electron chi connectivity index (χ3n) is 4.52. The van der Waals surface area contributed by atoms with Crippen LogP contribution in [0, 0.1) is 12.3 Å². The topological polar surface area (TPSA) is 46.6 Å². The quantitative estimate of drug-likeness (QED) is 0.621. The van der Waals surface area contributed by atoms with Gasteiger partial charge < -0.3 is 9.64 Å². The lowest BCUT2D eigenvalue weighted by molar-refractivity contribution is -0.114. The number of alkyl halides is 1. The molecule has 0 aliphatic carbocycles. The van der Waals surface area contributed by atoms with Crippen LogP contribution in [-0.4, -0.2) is 36.8 Å². The number of rotatable bonds is 3. The van der Waals surface area contributed by atoms with E-state index in [4.69, 9.17) is 4.74 Å². The molecule has 0 saturated carbocycles. The maximum atomic E-state index is 12.4. The van der Waals surface area contributed by atoms with E-state index in [0.717, 1.165) is 29.4 Å². The van der Waals surface area contributed by atoms with Gasteiger partial charge in [-0.1, -0.05) is 28.1 Å². The number of ketones is 1. The second-order valence-electron chi connectivity index (χ2n) is 5.94. The highest BCUT2D eigenvalue weighted by molar-refractivity contribution is 9.09. The summed E-state index contributed by atoms with van der Waals surface area (Å²) >= 11 is 3.59. The highest BCUT2D eigenvalue weighted by atomic mass is 79.9. The molecule has 2 heterocycles. The first kappa shape index (κ1) is 14.7. The third kappa shape index (κ3) is 2.42. The predicted octanol–water partition coefficient (Wildman–Crippen LogP) is 2.72. The number of halogens is 1. The Morgan fingerprint density at radius 3 is 2.67 bits per heavy atom. The molecule has 0 N–H and O–H groups in total. The molecule has 0 radical (unpaired) electrons. The summed E-state index contributed by atoms with van der Waals surface area (Å²) in [7, 11) is 0. The maximum absolute atomic E-state index is 12.4. The van der Waals surface area contributed by atoms with Crippen molar-refractivity contribution in [3.63, 3.8) is 0 Å². The van der Waals surface area contributed by atoms with Gasteiger partial charge in [0.25, 0.3) is 11.7 Å². The average molecular weight is 352 g/mol. The van der Waals surface area contributed by atoms with Crippen molar-refractivity contribution in [2.45, 2.75) is 19.8 Å². The van der Waals surface area contributed by atoms with Crippen molar-refractivity contribution in [3.8, 4) is 0 Å². The number of anilines is 1. The lowest BCUT2D eigenvalue weighted by Crippen LogP contribution is -2.45. The number of benzene rings is 1. The van der Waals surface area contributed by atoms with Crippen LogP contribution in [0.5, 0.6) is 0 Å². The molecule has 112 valence electrons. The number of hydrogen-bond donors (Lipinski definition) is 0. The number of fused-ring (bicyclic) bond motifs is 1. The Labute approximate surface area is 132 Å². The van der Waals surface area contributed by atoms with E-state index < -0.39 is 5.91 Å². The first-order valence-corrected chi connectivity index (χ1v) is 8.30. The lowest BCUT2D eigenvalue weighted by atomic mass is 9.81. The van der Waals surface area contributed by atoms with Crippen LogP contribution in [-0.2, 0) is 9.53 Å². The molecule has 21 heavy (non-hydrogen) atoms. The van der Waals surface area contributed by atoms with Crippen LogP contribution in [0.4, 0.5) is 5.69 Å². The molecule has 1 aromatic rings. The molecule has 5 heteroatoms. The van der Waals surface area contributed by atoms with Gasteiger partial charge in [-0.2, -0.15) is 0 Å². The number of para-hydroxylation sites is 1. The molecule has 1 amide bonds. The zero-order valence-corrected chi connectivity index (χ0v) is 13.6. The molecule has 0 unspecified atom stereocenters. The monoisotopic (exact) mass is 351 g/mol. The highest BCUT2D eigenvalue weighted by Gasteiger charge is 2.42. The van der Waals surface area contributed by atoms with Gasteiger partial charge in [0, 0.05) is 30.5 Å². The van der Waals surface area contributed by atoms with Gasteiger partial charge in [-0.25, -0.2) is 0 Å². The normalized spacial score (nSPS) is 20.8. The number of nitrogens with zero attached hydrogens (tertiary/aromatic N) is 1. The molecule has 0 bridgehead atoms. The summed E-state index contributed by atoms with van der Waals surface area (Å²) in [6.45, 7) is 3.94. The van der Waals surface area contributed by atoms with Gasteiger partial charge in [0.15, 0.2) is 0 Å². The first-order chi connectivity index (χ1) is 10.1. The van der Waals surface area contributed by atoms with Crippen LogP contribution < -0.4 is 4.90 Å². The number of amides is 1. The van der Waals surface area contributed by atoms with E-state index in [-0.39, 0.29) is 11.2 Å². The number of Topliss-reactive ketones (excluding diaryl/α,β-unsaturated/α-hetero) is 1. The van der Waals surface area contributed by atoms with Crippen LogP contribution in [0.1, 0.15) is 28.8 Å². The lowest BCUT2D eigenvalue weighted by Gasteiger charge is -2.38. The summed E-state index contributed by atoms with van der Waals surface area (Å²) in [5, 5.41) is 0.808. The molecule has 1 saturated heterocycles. The van der Waals surface area contributed by atoms with Crippen molar-refractivity contribution in [1.29, 1.82) is 0 Å². The van der Waals surface area contributed by atoms with Crippen LogP contribution >= 0.6 is 15.9 Å². The zero-order valence-electron chi connectivity index (χ0n) is 12.0. The molecular weight excluding hydrogens is 334 g/mol. The maximum Gasteiger partial charge on any atom is 0.299 e. The van der Waals surface area contributed by atoms with E-state index in [1.54, 1.807) is 11.0 Å². The predicted molar refractivity (Wildman–Crippen MR) is 84.1 cm³/mol. The third-order valence-corrected chi connectivity index (χ3v) is 5.71. The molecule has 2 aliphatic rings. The highest BCUT2D eigenvalue weighted by Crippen LogP contribution is 2.39. The van der Waals surface area contributed by atoms with Gasteiger partial charge in [-0.05, 0) is 31.4 Å². The Bertz CT molecular complexity index is 593. The molecule has 1 fully saturated rings. The largest absolute Gasteiger partial charge is 0.381 e. The van der Waals surface area contributed by atoms with E-state index in [9.17, 15) is 9.59 Å². The van der Waals surface area contributed by atoms with Gasteiger partial charge in [-0.15, -0.1) is 0 Å². The number of hydrogen-bond acceptors (Lipinski definition) is 3. The minimum absolute atomic E-state index is 0.0158. The molecule has 3 rings (SSSR count). The van der Waals surface area contributed by atoms with Crippen molar-refractivity contribution in [2.75, 3.05) is 30.0 Å². The van der Waals surface area contributed by atoms with E-state index in [0.29, 0.717) is 25.3 Å². The second kappa shape index (κ2) is 5.54. The SMILES string of the molecule is Cc1cccc2c1N(CC1(CBr)CCOCC1)C(=O)C2=O. The van der Waals surface area contributed by atoms with Crippen LogP contribution in [0.2, 0.25) is 0 Å². The second-order valence-corrected chi connectivity index (χ2v) is 6.50. The Balaban J connectivity index is 1.96. The Kier molecular flexibility index (Phi) is 3.88. The number of carbonyl (C=O) groups excluding carboxylic acids is 2. The molecule has 2 aliphatic heterocycles. The van der Waals surface area contributed by atoms with Gasteiger partial charge in [-0.3, -0.25) is 9.59 Å². The fourth-order valence-electron chi connectivity index (χ4n) is 3.16. The summed E-state index contributed by atoms with van der Waals surface area (Å²) in [4.78, 5) is 26.2. The van der Waals surface area contributed by atoms with Gasteiger partial charge in [0.05, 0.1) is 11.3 Å². The first-order valence-electron chi connectivity index (χ1n) is 7.17. The summed E-state index contributed by atoms with van der Waals surface area (Å²) < 4.78 is 5.44. The molecule has 0 atom stereocenters. The van der Waals surface area contributed by atoms with Crippen LogP contribution in [0.25, 0.3) is 0 Å². The van der Waals surface area contributed by atoms with Gasteiger partial charge in [0.2, 0.25) is 0 Å².